The van der Waals surface area contributed by atoms with Crippen molar-refractivity contribution in [3.8, 4) is 11.1 Å². The molecule has 2 rings (SSSR count). The number of carbonyl (C=O) groups excluding carboxylic acids is 1. The van der Waals surface area contributed by atoms with Crippen LogP contribution in [0, 0.1) is 20.8 Å². The fourth-order valence-corrected chi connectivity index (χ4v) is 3.06. The summed E-state index contributed by atoms with van der Waals surface area (Å²) in [5.74, 6) is 0. The number of hydrogen-bond donors (Lipinski definition) is 0. The summed E-state index contributed by atoms with van der Waals surface area (Å²) in [5, 5.41) is 0. The average Bonchev–Trinajstić information content (AvgIpc) is 2.28. The van der Waals surface area contributed by atoms with E-state index in [4.69, 9.17) is 0 Å². The van der Waals surface area contributed by atoms with Crippen LogP contribution in [0.4, 0.5) is 0 Å². The molecule has 2 aromatic carbocycles. The van der Waals surface area contributed by atoms with Crippen molar-refractivity contribution in [1.82, 2.24) is 0 Å². The molecule has 0 spiro atoms. The molecule has 0 fully saturated rings. The topological polar surface area (TPSA) is 17.1 Å². The minimum atomic E-state index is 0. The van der Waals surface area contributed by atoms with E-state index in [1.165, 1.54) is 16.7 Å². The molecule has 0 saturated carbocycles. The van der Waals surface area contributed by atoms with Gasteiger partial charge in [-0.15, -0.1) is 0 Å². The van der Waals surface area contributed by atoms with Crippen LogP contribution >= 0.6 is 9.24 Å². The van der Waals surface area contributed by atoms with Gasteiger partial charge in [0, 0.05) is 5.56 Å². The Morgan fingerprint density at radius 2 is 1.58 bits per heavy atom. The summed E-state index contributed by atoms with van der Waals surface area (Å²) in [4.78, 5) is 11.7. The molecule has 3 heteroatoms. The average molecular weight is 264 g/mol. The normalized spacial score (nSPS) is 9.89. The Balaban J connectivity index is 0.00000180. The Morgan fingerprint density at radius 1 is 1.00 bits per heavy atom. The third kappa shape index (κ3) is 3.18. The van der Waals surface area contributed by atoms with Crippen LogP contribution in [-0.2, 0) is 0 Å². The first-order valence-corrected chi connectivity index (χ1v) is 6.56. The van der Waals surface area contributed by atoms with Gasteiger partial charge < -0.3 is 0 Å². The van der Waals surface area contributed by atoms with Crippen molar-refractivity contribution in [2.24, 2.45) is 0 Å². The second kappa shape index (κ2) is 6.53. The Bertz CT molecular complexity index is 606. The molecule has 19 heavy (non-hydrogen) atoms. The van der Waals surface area contributed by atoms with Gasteiger partial charge in [-0.05, 0) is 48.6 Å². The standard InChI is InChI=1S/C16H17OP.Li.H/c1-10-9-11(2)15(16(17)18)12(3)14(10)13-7-5-4-6-8-13;;/h4-9H,18H2,1-3H3;;. The van der Waals surface area contributed by atoms with Gasteiger partial charge in [-0.1, -0.05) is 45.6 Å². The fraction of sp³-hybridized carbons (Fsp3) is 0.188. The third-order valence-corrected chi connectivity index (χ3v) is 3.57. The van der Waals surface area contributed by atoms with Crippen LogP contribution in [0.25, 0.3) is 11.1 Å². The van der Waals surface area contributed by atoms with Crippen LogP contribution in [0.3, 0.4) is 0 Å². The monoisotopic (exact) mass is 264 g/mol. The van der Waals surface area contributed by atoms with Gasteiger partial charge in [0.15, 0.2) is 5.52 Å². The summed E-state index contributed by atoms with van der Waals surface area (Å²) >= 11 is 0. The zero-order chi connectivity index (χ0) is 13.3. The van der Waals surface area contributed by atoms with Gasteiger partial charge in [0.05, 0.1) is 0 Å². The summed E-state index contributed by atoms with van der Waals surface area (Å²) in [6.45, 7) is 6.12. The molecule has 0 aliphatic carbocycles. The first kappa shape index (κ1) is 16.2. The number of rotatable bonds is 2. The van der Waals surface area contributed by atoms with Gasteiger partial charge in [-0.2, -0.15) is 0 Å². The Kier molecular flexibility index (Phi) is 5.57. The van der Waals surface area contributed by atoms with Gasteiger partial charge in [-0.3, -0.25) is 4.79 Å². The van der Waals surface area contributed by atoms with E-state index in [0.29, 0.717) is 0 Å². The van der Waals surface area contributed by atoms with Crippen LogP contribution in [0.5, 0.6) is 0 Å². The quantitative estimate of drug-likeness (QED) is 0.597. The molecule has 0 aliphatic rings. The van der Waals surface area contributed by atoms with Crippen LogP contribution in [0.2, 0.25) is 0 Å². The fourth-order valence-electron chi connectivity index (χ4n) is 2.61. The first-order chi connectivity index (χ1) is 8.52. The van der Waals surface area contributed by atoms with Gasteiger partial charge in [0.2, 0.25) is 0 Å². The molecule has 0 bridgehead atoms. The Morgan fingerprint density at radius 3 is 2.11 bits per heavy atom. The van der Waals surface area contributed by atoms with Crippen molar-refractivity contribution in [3.63, 3.8) is 0 Å². The van der Waals surface area contributed by atoms with Crippen LogP contribution < -0.4 is 0 Å². The van der Waals surface area contributed by atoms with Crippen molar-refractivity contribution in [3.05, 3.63) is 58.7 Å². The molecular weight excluding hydrogens is 246 g/mol. The molecule has 0 saturated heterocycles. The van der Waals surface area contributed by atoms with E-state index in [1.807, 2.05) is 32.0 Å². The van der Waals surface area contributed by atoms with Gasteiger partial charge in [-0.25, -0.2) is 0 Å². The van der Waals surface area contributed by atoms with Crippen molar-refractivity contribution < 1.29 is 4.79 Å². The molecule has 1 nitrogen and oxygen atoms in total. The minimum absolute atomic E-state index is 0. The Hall–Kier alpha value is -0.863. The van der Waals surface area contributed by atoms with Crippen molar-refractivity contribution in [2.45, 2.75) is 20.8 Å². The summed E-state index contributed by atoms with van der Waals surface area (Å²) in [6.07, 6.45) is 0. The van der Waals surface area contributed by atoms with Gasteiger partial charge >= 0.3 is 18.9 Å². The number of aryl methyl sites for hydroxylation is 2. The molecule has 0 amide bonds. The second-order valence-electron chi connectivity index (χ2n) is 4.62. The zero-order valence-corrected chi connectivity index (χ0v) is 12.1. The zero-order valence-electron chi connectivity index (χ0n) is 10.9. The summed E-state index contributed by atoms with van der Waals surface area (Å²) < 4.78 is 0. The van der Waals surface area contributed by atoms with E-state index in [2.05, 4.69) is 34.4 Å². The molecule has 1 unspecified atom stereocenters. The van der Waals surface area contributed by atoms with Crippen LogP contribution in [0.1, 0.15) is 27.0 Å². The molecular formula is C16H18LiOP. The number of benzene rings is 2. The predicted molar refractivity (Wildman–Crippen MR) is 87.3 cm³/mol. The van der Waals surface area contributed by atoms with E-state index in [9.17, 15) is 4.79 Å². The van der Waals surface area contributed by atoms with E-state index in [1.54, 1.807) is 0 Å². The summed E-state index contributed by atoms with van der Waals surface area (Å²) in [7, 11) is 2.28. The molecule has 2 aromatic rings. The molecule has 0 aliphatic heterocycles. The van der Waals surface area contributed by atoms with Gasteiger partial charge in [0.1, 0.15) is 0 Å². The van der Waals surface area contributed by atoms with Crippen LogP contribution in [0.15, 0.2) is 36.4 Å². The Labute approximate surface area is 129 Å². The number of carbonyl (C=O) groups is 1. The second-order valence-corrected chi connectivity index (χ2v) is 5.14. The molecule has 94 valence electrons. The maximum atomic E-state index is 11.7. The first-order valence-electron chi connectivity index (χ1n) is 5.98. The van der Waals surface area contributed by atoms with Gasteiger partial charge in [0.25, 0.3) is 0 Å². The van der Waals surface area contributed by atoms with E-state index < -0.39 is 0 Å². The molecule has 0 heterocycles. The van der Waals surface area contributed by atoms with Crippen LogP contribution in [-0.4, -0.2) is 24.4 Å². The van der Waals surface area contributed by atoms with E-state index >= 15 is 0 Å². The molecule has 1 atom stereocenters. The third-order valence-electron chi connectivity index (χ3n) is 3.28. The van der Waals surface area contributed by atoms with Crippen molar-refractivity contribution >= 4 is 33.6 Å². The van der Waals surface area contributed by atoms with Crippen molar-refractivity contribution in [2.75, 3.05) is 0 Å². The predicted octanol–water partition coefficient (Wildman–Crippen LogP) is 3.65. The SMILES string of the molecule is Cc1cc(C)c(-c2ccccc2)c(C)c1C(=O)P.[LiH]. The maximum absolute atomic E-state index is 11.7. The van der Waals surface area contributed by atoms with Crippen molar-refractivity contribution in [1.29, 1.82) is 0 Å². The van der Waals surface area contributed by atoms with E-state index in [-0.39, 0.29) is 24.4 Å². The molecule has 0 N–H and O–H groups in total. The molecule has 0 aromatic heterocycles. The summed E-state index contributed by atoms with van der Waals surface area (Å²) in [5.41, 5.74) is 6.55. The van der Waals surface area contributed by atoms with E-state index in [0.717, 1.165) is 16.7 Å². The summed E-state index contributed by atoms with van der Waals surface area (Å²) in [6, 6.07) is 12.3. The number of hydrogen-bond acceptors (Lipinski definition) is 1. The molecule has 0 radical (unpaired) electrons.